The van der Waals surface area contributed by atoms with E-state index in [1.807, 2.05) is 6.92 Å². The first-order valence-corrected chi connectivity index (χ1v) is 14.0. The lowest BCUT2D eigenvalue weighted by molar-refractivity contribution is -0.138. The van der Waals surface area contributed by atoms with Crippen molar-refractivity contribution >= 4 is 27.7 Å². The Morgan fingerprint density at radius 1 is 0.895 bits per heavy atom. The maximum Gasteiger partial charge on any atom is 0.312 e. The van der Waals surface area contributed by atoms with Gasteiger partial charge >= 0.3 is 11.9 Å². The van der Waals surface area contributed by atoms with Crippen molar-refractivity contribution in [3.63, 3.8) is 0 Å². The summed E-state index contributed by atoms with van der Waals surface area (Å²) in [5.74, 6) is -3.31. The highest BCUT2D eigenvalue weighted by Crippen LogP contribution is 2.24. The molecule has 3 aromatic rings. The van der Waals surface area contributed by atoms with E-state index in [0.29, 0.717) is 29.0 Å². The van der Waals surface area contributed by atoms with E-state index in [4.69, 9.17) is 10.1 Å². The summed E-state index contributed by atoms with van der Waals surface area (Å²) in [5.41, 5.74) is 2.32. The summed E-state index contributed by atoms with van der Waals surface area (Å²) >= 11 is 0. The fourth-order valence-corrected chi connectivity index (χ4v) is 5.58. The summed E-state index contributed by atoms with van der Waals surface area (Å²) in [7, 11) is -4.05. The highest BCUT2D eigenvalue weighted by Gasteiger charge is 2.29. The van der Waals surface area contributed by atoms with Crippen LogP contribution in [-0.2, 0) is 19.6 Å². The number of carbonyl (C=O) groups is 2. The van der Waals surface area contributed by atoms with Crippen molar-refractivity contribution in [3.05, 3.63) is 102 Å². The number of nitrogens with one attached hydrogen (secondary N) is 2. The van der Waals surface area contributed by atoms with Crippen molar-refractivity contribution in [2.24, 2.45) is 0 Å². The maximum absolute atomic E-state index is 13.1. The number of carbonyl (C=O) groups excluding carboxylic acids is 1. The SMILES string of the molecule is CCCC(=N)c1ccc(OC(=O)CCC(NS(=O)(=O)CC(C(=O)O)c2ccccc2)c2ccccc2)cc1. The van der Waals surface area contributed by atoms with Crippen LogP contribution < -0.4 is 9.46 Å². The highest BCUT2D eigenvalue weighted by molar-refractivity contribution is 7.89. The third-order valence-corrected chi connectivity index (χ3v) is 7.40. The van der Waals surface area contributed by atoms with Crippen molar-refractivity contribution in [2.75, 3.05) is 5.75 Å². The highest BCUT2D eigenvalue weighted by atomic mass is 32.2. The number of sulfonamides is 1. The van der Waals surface area contributed by atoms with Crippen LogP contribution in [0.3, 0.4) is 0 Å². The van der Waals surface area contributed by atoms with Crippen LogP contribution in [0, 0.1) is 5.41 Å². The summed E-state index contributed by atoms with van der Waals surface area (Å²) < 4.78 is 34.1. The molecule has 0 spiro atoms. The second-order valence-corrected chi connectivity index (χ2v) is 10.7. The van der Waals surface area contributed by atoms with Gasteiger partial charge in [-0.25, -0.2) is 13.1 Å². The van der Waals surface area contributed by atoms with Gasteiger partial charge in [-0.15, -0.1) is 0 Å². The standard InChI is InChI=1S/C29H32N2O6S/c1-2-9-26(30)22-14-16-24(17-15-22)37-28(32)19-18-27(23-12-7-4-8-13-23)31-38(35,36)20-25(29(33)34)21-10-5-3-6-11-21/h3-8,10-17,25,27,30-31H,2,9,18-20H2,1H3,(H,33,34). The summed E-state index contributed by atoms with van der Waals surface area (Å²) in [6, 6.07) is 23.0. The second kappa shape index (κ2) is 13.6. The number of carboxylic acid groups (broad SMARTS) is 1. The van der Waals surface area contributed by atoms with E-state index in [2.05, 4.69) is 4.72 Å². The zero-order chi connectivity index (χ0) is 27.5. The molecule has 3 N–H and O–H groups in total. The summed E-state index contributed by atoms with van der Waals surface area (Å²) in [4.78, 5) is 24.4. The Kier molecular flexibility index (Phi) is 10.3. The van der Waals surface area contributed by atoms with E-state index in [0.717, 1.165) is 12.0 Å². The molecule has 0 bridgehead atoms. The minimum atomic E-state index is -4.05. The van der Waals surface area contributed by atoms with Crippen LogP contribution in [-0.4, -0.2) is 36.9 Å². The molecule has 0 saturated heterocycles. The van der Waals surface area contributed by atoms with E-state index < -0.39 is 39.7 Å². The van der Waals surface area contributed by atoms with Crippen molar-refractivity contribution in [1.29, 1.82) is 5.41 Å². The predicted molar refractivity (Wildman–Crippen MR) is 146 cm³/mol. The lowest BCUT2D eigenvalue weighted by atomic mass is 10.0. The molecule has 0 saturated carbocycles. The zero-order valence-electron chi connectivity index (χ0n) is 21.2. The van der Waals surface area contributed by atoms with E-state index in [9.17, 15) is 23.1 Å². The Bertz CT molecular complexity index is 1330. The Morgan fingerprint density at radius 2 is 1.47 bits per heavy atom. The molecule has 0 aromatic heterocycles. The van der Waals surface area contributed by atoms with Crippen molar-refractivity contribution < 1.29 is 27.9 Å². The fourth-order valence-electron chi connectivity index (χ4n) is 4.02. The first-order chi connectivity index (χ1) is 18.2. The summed E-state index contributed by atoms with van der Waals surface area (Å²) in [5, 5.41) is 17.7. The fraction of sp³-hybridized carbons (Fsp3) is 0.276. The monoisotopic (exact) mass is 536 g/mol. The van der Waals surface area contributed by atoms with Gasteiger partial charge in [0.25, 0.3) is 0 Å². The Hall–Kier alpha value is -3.82. The Labute approximate surface area is 223 Å². The third kappa shape index (κ3) is 8.64. The van der Waals surface area contributed by atoms with Crippen LogP contribution in [0.15, 0.2) is 84.9 Å². The van der Waals surface area contributed by atoms with Crippen LogP contribution in [0.5, 0.6) is 5.75 Å². The first-order valence-electron chi connectivity index (χ1n) is 12.4. The number of rotatable bonds is 14. The molecule has 2 atom stereocenters. The van der Waals surface area contributed by atoms with E-state index in [1.165, 1.54) is 0 Å². The molecular weight excluding hydrogens is 504 g/mol. The molecule has 0 amide bonds. The minimum absolute atomic E-state index is 0.0729. The molecular formula is C29H32N2O6S. The lowest BCUT2D eigenvalue weighted by Crippen LogP contribution is -2.35. The Balaban J connectivity index is 1.68. The maximum atomic E-state index is 13.1. The topological polar surface area (TPSA) is 134 Å². The van der Waals surface area contributed by atoms with Crippen molar-refractivity contribution in [1.82, 2.24) is 4.72 Å². The molecule has 2 unspecified atom stereocenters. The average molecular weight is 537 g/mol. The molecule has 0 aliphatic carbocycles. The summed E-state index contributed by atoms with van der Waals surface area (Å²) in [6.45, 7) is 2.00. The molecule has 0 fully saturated rings. The van der Waals surface area contributed by atoms with E-state index in [1.54, 1.807) is 84.9 Å². The molecule has 3 aromatic carbocycles. The van der Waals surface area contributed by atoms with Gasteiger partial charge in [-0.05, 0) is 53.8 Å². The number of hydrogen-bond donors (Lipinski definition) is 3. The molecule has 38 heavy (non-hydrogen) atoms. The molecule has 8 nitrogen and oxygen atoms in total. The zero-order valence-corrected chi connectivity index (χ0v) is 22.0. The predicted octanol–water partition coefficient (Wildman–Crippen LogP) is 5.07. The second-order valence-electron chi connectivity index (χ2n) is 8.93. The van der Waals surface area contributed by atoms with Gasteiger partial charge < -0.3 is 15.3 Å². The molecule has 0 aliphatic rings. The van der Waals surface area contributed by atoms with Crippen LogP contribution in [0.2, 0.25) is 0 Å². The van der Waals surface area contributed by atoms with Gasteiger partial charge in [0.1, 0.15) is 5.75 Å². The van der Waals surface area contributed by atoms with Gasteiger partial charge in [0, 0.05) is 18.2 Å². The number of carboxylic acids is 1. The summed E-state index contributed by atoms with van der Waals surface area (Å²) in [6.07, 6.45) is 1.57. The molecule has 9 heteroatoms. The number of ether oxygens (including phenoxy) is 1. The van der Waals surface area contributed by atoms with Gasteiger partial charge in [-0.3, -0.25) is 9.59 Å². The Morgan fingerprint density at radius 3 is 2.03 bits per heavy atom. The largest absolute Gasteiger partial charge is 0.481 e. The molecule has 3 rings (SSSR count). The average Bonchev–Trinajstić information content (AvgIpc) is 2.91. The smallest absolute Gasteiger partial charge is 0.312 e. The third-order valence-electron chi connectivity index (χ3n) is 5.98. The van der Waals surface area contributed by atoms with Gasteiger partial charge in [0.05, 0.1) is 11.7 Å². The van der Waals surface area contributed by atoms with Gasteiger partial charge in [0.15, 0.2) is 0 Å². The number of esters is 1. The van der Waals surface area contributed by atoms with E-state index >= 15 is 0 Å². The quantitative estimate of drug-likeness (QED) is 0.150. The van der Waals surface area contributed by atoms with Crippen molar-refractivity contribution in [3.8, 4) is 5.75 Å². The van der Waals surface area contributed by atoms with Crippen LogP contribution in [0.25, 0.3) is 0 Å². The van der Waals surface area contributed by atoms with E-state index in [-0.39, 0.29) is 12.8 Å². The molecule has 200 valence electrons. The van der Waals surface area contributed by atoms with Gasteiger partial charge in [-0.1, -0.05) is 74.0 Å². The van der Waals surface area contributed by atoms with Crippen LogP contribution in [0.1, 0.15) is 61.3 Å². The van der Waals surface area contributed by atoms with Crippen LogP contribution in [0.4, 0.5) is 0 Å². The minimum Gasteiger partial charge on any atom is -0.481 e. The molecule has 0 heterocycles. The first kappa shape index (κ1) is 28.7. The van der Waals surface area contributed by atoms with Crippen molar-refractivity contribution in [2.45, 2.75) is 44.6 Å². The van der Waals surface area contributed by atoms with Crippen LogP contribution >= 0.6 is 0 Å². The number of aliphatic carboxylic acids is 1. The molecule has 0 radical (unpaired) electrons. The normalized spacial score (nSPS) is 12.9. The number of hydrogen-bond acceptors (Lipinski definition) is 6. The number of benzene rings is 3. The molecule has 0 aliphatic heterocycles. The lowest BCUT2D eigenvalue weighted by Gasteiger charge is -2.21. The van der Waals surface area contributed by atoms with Gasteiger partial charge in [0.2, 0.25) is 10.0 Å². The van der Waals surface area contributed by atoms with Gasteiger partial charge in [-0.2, -0.15) is 0 Å².